The normalized spacial score (nSPS) is 11.0. The van der Waals surface area contributed by atoms with Crippen LogP contribution in [0, 0.1) is 13.8 Å². The first-order chi connectivity index (χ1) is 13.3. The van der Waals surface area contributed by atoms with Crippen LogP contribution < -0.4 is 10.3 Å². The molecule has 0 amide bonds. The van der Waals surface area contributed by atoms with E-state index < -0.39 is 5.97 Å². The lowest BCUT2D eigenvalue weighted by molar-refractivity contribution is -0.147. The van der Waals surface area contributed by atoms with Crippen LogP contribution in [-0.2, 0) is 16.1 Å². The van der Waals surface area contributed by atoms with Gasteiger partial charge in [0.25, 0.3) is 5.56 Å². The third-order valence-corrected chi connectivity index (χ3v) is 4.53. The Bertz CT molecular complexity index is 1070. The molecule has 0 fully saturated rings. The van der Waals surface area contributed by atoms with E-state index in [4.69, 9.17) is 9.47 Å². The summed E-state index contributed by atoms with van der Waals surface area (Å²) in [6, 6.07) is 12.6. The van der Waals surface area contributed by atoms with Crippen LogP contribution in [0.25, 0.3) is 5.65 Å². The van der Waals surface area contributed by atoms with Crippen molar-refractivity contribution in [3.63, 3.8) is 0 Å². The van der Waals surface area contributed by atoms with Crippen LogP contribution in [0.2, 0.25) is 0 Å². The van der Waals surface area contributed by atoms with Gasteiger partial charge in [-0.15, -0.1) is 0 Å². The number of nitrogens with zero attached hydrogens (tertiary/aromatic N) is 2. The van der Waals surface area contributed by atoms with Gasteiger partial charge < -0.3 is 9.47 Å². The van der Waals surface area contributed by atoms with Gasteiger partial charge in [0, 0.05) is 11.8 Å². The Balaban J connectivity index is 1.60. The van der Waals surface area contributed by atoms with Crippen LogP contribution in [0.15, 0.2) is 47.3 Å². The molecule has 0 bridgehead atoms. The van der Waals surface area contributed by atoms with E-state index in [2.05, 4.69) is 18.8 Å². The standard InChI is InChI=1S/C22H24N2O4/c1-14(2)19-9-8-18(10-15(19)3)27-13-22(26)28-12-17-11-21(25)24-16(4)6-5-7-20(24)23-17/h5-11,14H,12-13H2,1-4H3. The van der Waals surface area contributed by atoms with Gasteiger partial charge in [-0.2, -0.15) is 0 Å². The van der Waals surface area contributed by atoms with E-state index in [1.165, 1.54) is 16.0 Å². The number of fused-ring (bicyclic) bond motifs is 1. The molecule has 0 aliphatic heterocycles. The second-order valence-corrected chi connectivity index (χ2v) is 7.07. The molecule has 0 saturated carbocycles. The fourth-order valence-corrected chi connectivity index (χ4v) is 3.16. The summed E-state index contributed by atoms with van der Waals surface area (Å²) in [6.07, 6.45) is 0. The molecule has 6 heteroatoms. The van der Waals surface area contributed by atoms with E-state index in [0.717, 1.165) is 11.3 Å². The molecule has 0 saturated heterocycles. The first-order valence-electron chi connectivity index (χ1n) is 9.22. The maximum atomic E-state index is 12.2. The van der Waals surface area contributed by atoms with E-state index in [9.17, 15) is 9.59 Å². The summed E-state index contributed by atoms with van der Waals surface area (Å²) in [6.45, 7) is 7.84. The van der Waals surface area contributed by atoms with E-state index >= 15 is 0 Å². The van der Waals surface area contributed by atoms with Gasteiger partial charge >= 0.3 is 5.97 Å². The van der Waals surface area contributed by atoms with Crippen molar-refractivity contribution < 1.29 is 14.3 Å². The predicted molar refractivity (Wildman–Crippen MR) is 107 cm³/mol. The Kier molecular flexibility index (Phi) is 5.78. The van der Waals surface area contributed by atoms with Gasteiger partial charge in [-0.3, -0.25) is 9.20 Å². The van der Waals surface area contributed by atoms with Crippen molar-refractivity contribution in [2.45, 2.75) is 40.2 Å². The molecule has 0 N–H and O–H groups in total. The Morgan fingerprint density at radius 1 is 1.14 bits per heavy atom. The Labute approximate surface area is 163 Å². The minimum Gasteiger partial charge on any atom is -0.482 e. The summed E-state index contributed by atoms with van der Waals surface area (Å²) in [4.78, 5) is 28.6. The average molecular weight is 380 g/mol. The highest BCUT2D eigenvalue weighted by Crippen LogP contribution is 2.23. The molecule has 0 aliphatic carbocycles. The lowest BCUT2D eigenvalue weighted by atomic mass is 9.98. The van der Waals surface area contributed by atoms with Gasteiger partial charge in [-0.25, -0.2) is 9.78 Å². The number of hydrogen-bond donors (Lipinski definition) is 0. The average Bonchev–Trinajstić information content (AvgIpc) is 2.64. The fourth-order valence-electron chi connectivity index (χ4n) is 3.16. The minimum absolute atomic E-state index is 0.0762. The largest absolute Gasteiger partial charge is 0.482 e. The highest BCUT2D eigenvalue weighted by Gasteiger charge is 2.10. The third kappa shape index (κ3) is 4.39. The molecule has 2 heterocycles. The molecule has 2 aromatic heterocycles. The van der Waals surface area contributed by atoms with E-state index in [1.54, 1.807) is 6.07 Å². The van der Waals surface area contributed by atoms with E-state index in [0.29, 0.717) is 23.0 Å². The summed E-state index contributed by atoms with van der Waals surface area (Å²) in [5.74, 6) is 0.537. The van der Waals surface area contributed by atoms with Gasteiger partial charge in [0.2, 0.25) is 0 Å². The Hall–Kier alpha value is -3.15. The van der Waals surface area contributed by atoms with Crippen molar-refractivity contribution in [1.29, 1.82) is 0 Å². The number of aromatic nitrogens is 2. The molecule has 0 unspecified atom stereocenters. The molecular weight excluding hydrogens is 356 g/mol. The number of carbonyl (C=O) groups is 1. The monoisotopic (exact) mass is 380 g/mol. The van der Waals surface area contributed by atoms with Crippen LogP contribution in [0.4, 0.5) is 0 Å². The van der Waals surface area contributed by atoms with Crippen molar-refractivity contribution in [3.8, 4) is 5.75 Å². The third-order valence-electron chi connectivity index (χ3n) is 4.53. The maximum Gasteiger partial charge on any atom is 0.344 e. The number of pyridine rings is 1. The molecule has 1 aromatic carbocycles. The van der Waals surface area contributed by atoms with Crippen molar-refractivity contribution in [1.82, 2.24) is 9.38 Å². The topological polar surface area (TPSA) is 69.9 Å². The van der Waals surface area contributed by atoms with Crippen molar-refractivity contribution in [3.05, 3.63) is 75.3 Å². The summed E-state index contributed by atoms with van der Waals surface area (Å²) < 4.78 is 12.2. The summed E-state index contributed by atoms with van der Waals surface area (Å²) >= 11 is 0. The summed E-state index contributed by atoms with van der Waals surface area (Å²) in [5.41, 5.74) is 3.89. The molecule has 0 radical (unpaired) electrons. The minimum atomic E-state index is -0.517. The molecule has 0 spiro atoms. The summed E-state index contributed by atoms with van der Waals surface area (Å²) in [5, 5.41) is 0. The lowest BCUT2D eigenvalue weighted by Gasteiger charge is -2.12. The van der Waals surface area contributed by atoms with Gasteiger partial charge in [0.1, 0.15) is 18.0 Å². The zero-order valence-electron chi connectivity index (χ0n) is 16.6. The van der Waals surface area contributed by atoms with Crippen molar-refractivity contribution in [2.24, 2.45) is 0 Å². The van der Waals surface area contributed by atoms with Gasteiger partial charge in [0.15, 0.2) is 6.61 Å². The number of carbonyl (C=O) groups excluding carboxylic acids is 1. The highest BCUT2D eigenvalue weighted by atomic mass is 16.6. The molecule has 146 valence electrons. The van der Waals surface area contributed by atoms with Crippen molar-refractivity contribution in [2.75, 3.05) is 6.61 Å². The van der Waals surface area contributed by atoms with Crippen LogP contribution in [0.1, 0.15) is 42.3 Å². The molecule has 0 atom stereocenters. The van der Waals surface area contributed by atoms with E-state index in [-0.39, 0.29) is 18.8 Å². The summed E-state index contributed by atoms with van der Waals surface area (Å²) in [7, 11) is 0. The molecule has 3 rings (SSSR count). The van der Waals surface area contributed by atoms with Crippen LogP contribution in [0.3, 0.4) is 0 Å². The lowest BCUT2D eigenvalue weighted by Crippen LogP contribution is -2.19. The van der Waals surface area contributed by atoms with Gasteiger partial charge in [-0.1, -0.05) is 26.0 Å². The van der Waals surface area contributed by atoms with Crippen LogP contribution >= 0.6 is 0 Å². The quantitative estimate of drug-likeness (QED) is 0.612. The number of ether oxygens (including phenoxy) is 2. The first kappa shape index (κ1) is 19.6. The highest BCUT2D eigenvalue weighted by molar-refractivity contribution is 5.71. The molecule has 28 heavy (non-hydrogen) atoms. The molecule has 3 aromatic rings. The molecule has 0 aliphatic rings. The second kappa shape index (κ2) is 8.25. The molecule has 6 nitrogen and oxygen atoms in total. The SMILES string of the molecule is Cc1cc(OCC(=O)OCc2cc(=O)n3c(C)cccc3n2)ccc1C(C)C. The van der Waals surface area contributed by atoms with E-state index in [1.807, 2.05) is 44.2 Å². The number of esters is 1. The zero-order valence-corrected chi connectivity index (χ0v) is 16.6. The van der Waals surface area contributed by atoms with Crippen molar-refractivity contribution >= 4 is 11.6 Å². The predicted octanol–water partition coefficient (Wildman–Crippen LogP) is 3.56. The molecular formula is C22H24N2O4. The zero-order chi connectivity index (χ0) is 20.3. The number of aryl methyl sites for hydroxylation is 2. The second-order valence-electron chi connectivity index (χ2n) is 7.07. The van der Waals surface area contributed by atoms with Gasteiger partial charge in [0.05, 0.1) is 5.69 Å². The maximum absolute atomic E-state index is 12.2. The first-order valence-corrected chi connectivity index (χ1v) is 9.22. The number of rotatable bonds is 6. The van der Waals surface area contributed by atoms with Crippen LogP contribution in [0.5, 0.6) is 5.75 Å². The smallest absolute Gasteiger partial charge is 0.344 e. The number of benzene rings is 1. The number of hydrogen-bond acceptors (Lipinski definition) is 5. The van der Waals surface area contributed by atoms with Crippen LogP contribution in [-0.4, -0.2) is 22.0 Å². The Morgan fingerprint density at radius 3 is 2.64 bits per heavy atom. The fraction of sp³-hybridized carbons (Fsp3) is 0.318. The Morgan fingerprint density at radius 2 is 1.93 bits per heavy atom. The van der Waals surface area contributed by atoms with Gasteiger partial charge in [-0.05, 0) is 55.2 Å².